The maximum Gasteiger partial charge on any atom is 0.338 e. The summed E-state index contributed by atoms with van der Waals surface area (Å²) >= 11 is 0. The first-order chi connectivity index (χ1) is 29.5. The fourth-order valence-corrected chi connectivity index (χ4v) is 4.56. The van der Waals surface area contributed by atoms with Crippen molar-refractivity contribution >= 4 is 23.0 Å². The fourth-order valence-electron chi connectivity index (χ4n) is 4.56. The van der Waals surface area contributed by atoms with Crippen molar-refractivity contribution in [1.82, 2.24) is 0 Å². The molecule has 0 aliphatic heterocycles. The van der Waals surface area contributed by atoms with Gasteiger partial charge in [-0.2, -0.15) is 0 Å². The zero-order chi connectivity index (χ0) is 43.0. The highest BCUT2D eigenvalue weighted by molar-refractivity contribution is 5.89. The Morgan fingerprint density at radius 3 is 1.10 bits per heavy atom. The van der Waals surface area contributed by atoms with Crippen molar-refractivity contribution in [2.24, 2.45) is 0 Å². The Bertz CT molecular complexity index is 1360. The van der Waals surface area contributed by atoms with Crippen LogP contribution in [0.15, 0.2) is 48.5 Å². The third kappa shape index (κ3) is 29.3. The molecule has 21 nitrogen and oxygen atoms in total. The monoisotopic (exact) mass is 859 g/mol. The van der Waals surface area contributed by atoms with Crippen molar-refractivity contribution in [3.63, 3.8) is 0 Å². The van der Waals surface area contributed by atoms with Crippen LogP contribution >= 0.6 is 0 Å². The first-order valence-corrected chi connectivity index (χ1v) is 19.8. The minimum Gasteiger partial charge on any atom is -0.460 e. The van der Waals surface area contributed by atoms with Crippen LogP contribution in [0.1, 0.15) is 10.4 Å². The lowest BCUT2D eigenvalue weighted by Gasteiger charge is -2.09. The highest BCUT2D eigenvalue weighted by Crippen LogP contribution is 2.28. The van der Waals surface area contributed by atoms with Gasteiger partial charge in [0.05, 0.1) is 180 Å². The first-order valence-electron chi connectivity index (χ1n) is 19.8. The number of carbonyl (C=O) groups excluding carboxylic acids is 1. The second-order valence-corrected chi connectivity index (χ2v) is 12.0. The normalized spacial score (nSPS) is 11.2. The van der Waals surface area contributed by atoms with Gasteiger partial charge in [-0.3, -0.25) is 20.2 Å². The summed E-state index contributed by atoms with van der Waals surface area (Å²) in [6.07, 6.45) is 0. The Kier molecular flexibility index (Phi) is 33.0. The van der Waals surface area contributed by atoms with Gasteiger partial charge in [0.2, 0.25) is 0 Å². The number of ether oxygens (including phenoxy) is 13. The van der Waals surface area contributed by atoms with Gasteiger partial charge in [0.1, 0.15) is 12.3 Å². The Morgan fingerprint density at radius 2 is 0.767 bits per heavy atom. The molecule has 0 radical (unpaired) electrons. The highest BCUT2D eigenvalue weighted by Gasteiger charge is 2.19. The van der Waals surface area contributed by atoms with Gasteiger partial charge >= 0.3 is 5.97 Å². The van der Waals surface area contributed by atoms with E-state index in [1.54, 1.807) is 24.3 Å². The van der Waals surface area contributed by atoms with E-state index in [1.807, 2.05) is 6.07 Å². The first kappa shape index (κ1) is 52.2. The summed E-state index contributed by atoms with van der Waals surface area (Å²) < 4.78 is 70.6. The summed E-state index contributed by atoms with van der Waals surface area (Å²) in [6.45, 7) is 10.6. The van der Waals surface area contributed by atoms with E-state index in [9.17, 15) is 25.0 Å². The molecule has 0 aromatic heterocycles. The number of nitrogens with one attached hydrogen (secondary N) is 1. The third-order valence-electron chi connectivity index (χ3n) is 7.51. The molecule has 0 bridgehead atoms. The van der Waals surface area contributed by atoms with E-state index >= 15 is 0 Å². The topological polar surface area (TPSA) is 235 Å². The minimum atomic E-state index is -0.684. The van der Waals surface area contributed by atoms with E-state index in [0.29, 0.717) is 158 Å². The number of hydrogen-bond donors (Lipinski definition) is 1. The van der Waals surface area contributed by atoms with Crippen molar-refractivity contribution in [1.29, 1.82) is 0 Å². The van der Waals surface area contributed by atoms with Crippen molar-refractivity contribution in [3.8, 4) is 0 Å². The number of hydrogen-bond acceptors (Lipinski definition) is 19. The summed E-state index contributed by atoms with van der Waals surface area (Å²) in [6, 6.07) is 12.2. The zero-order valence-electron chi connectivity index (χ0n) is 34.2. The molecule has 60 heavy (non-hydrogen) atoms. The van der Waals surface area contributed by atoms with Gasteiger partial charge in [0.25, 0.3) is 11.4 Å². The second-order valence-electron chi connectivity index (χ2n) is 12.0. The number of esters is 1. The maximum atomic E-state index is 11.8. The fraction of sp³-hybridized carbons (Fsp3) is 0.667. The quantitative estimate of drug-likeness (QED) is 0.0437. The van der Waals surface area contributed by atoms with E-state index in [1.165, 1.54) is 12.1 Å². The number of nitro benzene ring substituents is 2. The summed E-state index contributed by atoms with van der Waals surface area (Å²) in [4.78, 5) is 32.4. The number of anilines is 1. The number of nitro groups is 2. The molecule has 2 rings (SSSR count). The zero-order valence-corrected chi connectivity index (χ0v) is 34.2. The molecule has 0 saturated heterocycles. The van der Waals surface area contributed by atoms with Gasteiger partial charge < -0.3 is 66.9 Å². The molecule has 340 valence electrons. The Morgan fingerprint density at radius 1 is 0.433 bits per heavy atom. The van der Waals surface area contributed by atoms with E-state index in [-0.39, 0.29) is 42.8 Å². The van der Waals surface area contributed by atoms with Gasteiger partial charge in [-0.25, -0.2) is 4.79 Å². The number of carbonyl (C=O) groups is 1. The Labute approximate surface area is 350 Å². The molecule has 0 saturated carbocycles. The lowest BCUT2D eigenvalue weighted by atomic mass is 10.2. The van der Waals surface area contributed by atoms with Crippen molar-refractivity contribution in [2.75, 3.05) is 177 Å². The molecular formula is C39H61N3O18. The van der Waals surface area contributed by atoms with Crippen LogP contribution in [-0.4, -0.2) is 188 Å². The smallest absolute Gasteiger partial charge is 0.338 e. The van der Waals surface area contributed by atoms with Gasteiger partial charge in [-0.05, 0) is 18.2 Å². The largest absolute Gasteiger partial charge is 0.460 e. The van der Waals surface area contributed by atoms with Crippen LogP contribution < -0.4 is 5.32 Å². The van der Waals surface area contributed by atoms with E-state index in [2.05, 4.69) is 5.32 Å². The standard InChI is InChI=1S/C39H61N3O18/c43-39(35-4-2-1-3-5-35)60-33-32-59-31-30-58-29-28-57-27-26-56-25-24-55-23-22-54-21-20-53-19-18-52-17-16-51-15-14-50-13-12-49-11-10-48-9-8-40-37-7-6-36(41(44)45)34-38(37)42(46)47/h1-7,34,40H,8-33H2. The van der Waals surface area contributed by atoms with Crippen LogP contribution in [0.3, 0.4) is 0 Å². The molecule has 0 heterocycles. The molecule has 21 heteroatoms. The van der Waals surface area contributed by atoms with Gasteiger partial charge in [0, 0.05) is 12.6 Å². The van der Waals surface area contributed by atoms with Crippen molar-refractivity contribution < 1.29 is 76.2 Å². The van der Waals surface area contributed by atoms with E-state index < -0.39 is 9.85 Å². The lowest BCUT2D eigenvalue weighted by molar-refractivity contribution is -0.393. The number of non-ortho nitro benzene ring substituents is 1. The second kappa shape index (κ2) is 38.0. The summed E-state index contributed by atoms with van der Waals surface area (Å²) in [5.41, 5.74) is -0.0259. The van der Waals surface area contributed by atoms with E-state index in [0.717, 1.165) is 6.07 Å². The van der Waals surface area contributed by atoms with Crippen molar-refractivity contribution in [3.05, 3.63) is 74.3 Å². The maximum absolute atomic E-state index is 11.8. The molecule has 0 spiro atoms. The molecule has 2 aromatic carbocycles. The molecular weight excluding hydrogens is 798 g/mol. The van der Waals surface area contributed by atoms with E-state index in [4.69, 9.17) is 61.6 Å². The van der Waals surface area contributed by atoms with Gasteiger partial charge in [0.15, 0.2) is 0 Å². The van der Waals surface area contributed by atoms with Crippen LogP contribution in [0.25, 0.3) is 0 Å². The van der Waals surface area contributed by atoms with Crippen LogP contribution in [0.2, 0.25) is 0 Å². The van der Waals surface area contributed by atoms with Gasteiger partial charge in [-0.1, -0.05) is 18.2 Å². The Hall–Kier alpha value is -3.97. The van der Waals surface area contributed by atoms with Gasteiger partial charge in [-0.15, -0.1) is 0 Å². The molecule has 0 atom stereocenters. The van der Waals surface area contributed by atoms with Crippen LogP contribution in [0.4, 0.5) is 17.1 Å². The number of nitrogens with zero attached hydrogens (tertiary/aromatic N) is 2. The average molecular weight is 860 g/mol. The molecule has 1 N–H and O–H groups in total. The lowest BCUT2D eigenvalue weighted by Crippen LogP contribution is -2.16. The molecule has 0 aliphatic rings. The molecule has 0 aliphatic carbocycles. The molecule has 0 fully saturated rings. The molecule has 2 aromatic rings. The third-order valence-corrected chi connectivity index (χ3v) is 7.51. The Balaban J connectivity index is 1.17. The molecule has 0 amide bonds. The number of benzene rings is 2. The minimum absolute atomic E-state index is 0.181. The van der Waals surface area contributed by atoms with Crippen LogP contribution in [-0.2, 0) is 61.6 Å². The summed E-state index contributed by atoms with van der Waals surface area (Å²) in [7, 11) is 0. The summed E-state index contributed by atoms with van der Waals surface area (Å²) in [5, 5.41) is 24.8. The van der Waals surface area contributed by atoms with Crippen LogP contribution in [0, 0.1) is 20.2 Å². The highest BCUT2D eigenvalue weighted by atomic mass is 16.6. The SMILES string of the molecule is O=C(OCCOCCOCCOCCOCCOCCOCCOCCOCCOCCOCCOCCOCCNc1ccc([N+](=O)[O-])cc1[N+](=O)[O-])c1ccccc1. The summed E-state index contributed by atoms with van der Waals surface area (Å²) in [5.74, 6) is -0.368. The number of rotatable bonds is 43. The average Bonchev–Trinajstić information content (AvgIpc) is 3.25. The molecule has 0 unspecified atom stereocenters. The predicted molar refractivity (Wildman–Crippen MR) is 215 cm³/mol. The van der Waals surface area contributed by atoms with Crippen molar-refractivity contribution in [2.45, 2.75) is 0 Å². The van der Waals surface area contributed by atoms with Crippen LogP contribution in [0.5, 0.6) is 0 Å². The predicted octanol–water partition coefficient (Wildman–Crippen LogP) is 2.97.